The maximum absolute atomic E-state index is 14.6. The van der Waals surface area contributed by atoms with E-state index in [0.717, 1.165) is 44.4 Å². The fraction of sp³-hybridized carbons (Fsp3) is 0.482. The minimum absolute atomic E-state index is 0.0815. The van der Waals surface area contributed by atoms with E-state index in [1.165, 1.54) is 31.2 Å². The Labute approximate surface area is 485 Å². The molecule has 15 atom stereocenters. The summed E-state index contributed by atoms with van der Waals surface area (Å²) in [5.74, 6) is -11.8. The molecular weight excluding hydrogens is 1120 g/mol. The average molecular weight is 1190 g/mol. The Hall–Kier alpha value is -8.29. The smallest absolute Gasteiger partial charge is 0.251 e. The van der Waals surface area contributed by atoms with Crippen LogP contribution in [0.3, 0.4) is 0 Å². The number of primary amides is 1. The van der Waals surface area contributed by atoms with E-state index in [-0.39, 0.29) is 11.1 Å². The molecule has 0 bridgehead atoms. The number of hydrogen-bond acceptors (Lipinski definition) is 21. The zero-order chi connectivity index (χ0) is 62.1. The number of nitrogens with one attached hydrogen (secondary N) is 5. The quantitative estimate of drug-likeness (QED) is 0.0384. The summed E-state index contributed by atoms with van der Waals surface area (Å²) >= 11 is 0. The zero-order valence-corrected chi connectivity index (χ0v) is 46.4. The second kappa shape index (κ2) is 28.1. The molecular formula is C56H71N9O20. The van der Waals surface area contributed by atoms with Crippen molar-refractivity contribution in [3.8, 4) is 39.8 Å². The highest BCUT2D eigenvalue weighted by Crippen LogP contribution is 2.32. The van der Waals surface area contributed by atoms with Gasteiger partial charge in [0.05, 0.1) is 37.4 Å². The van der Waals surface area contributed by atoms with E-state index in [9.17, 15) is 89.4 Å². The first-order valence-corrected chi connectivity index (χ1v) is 27.5. The SMILES string of the molecule is CCCCCOc1ccc(-c2cc(-c3ccc(C(=O)N[C@H]4C[C@@H](O)[C@@H](O)NC(=O)[C@@H]5[C@@H](O)[C@@H](C)CN5C(=O)[C@H](C(O)CC(N)=O)NC(=O)[C@H](C(O)C(O)c5ccc(O)c(O)c5)NC(=O)[C@@H]5C[C@@H](O)CN5C(=O)[C@H](C(C)O)NC4=O)cc3)no2)cc1. The first-order chi connectivity index (χ1) is 40.3. The van der Waals surface area contributed by atoms with Crippen molar-refractivity contribution in [1.82, 2.24) is 41.5 Å². The number of phenolic OH excluding ortho intramolecular Hbond substituents is 2. The van der Waals surface area contributed by atoms with Gasteiger partial charge in [0.2, 0.25) is 41.4 Å². The molecule has 3 fully saturated rings. The van der Waals surface area contributed by atoms with E-state index in [2.05, 4.69) is 33.3 Å². The van der Waals surface area contributed by atoms with Gasteiger partial charge < -0.3 is 102 Å². The van der Waals surface area contributed by atoms with Crippen molar-refractivity contribution in [2.24, 2.45) is 11.7 Å². The standard InChI is InChI=1S/C56H71N9O20/c1-4-5-6-17-84-32-14-11-28(12-15-32)40-21-33(63-85-40)27-7-9-29(10-8-27)49(76)58-34-20-39(71)52(79)62-54(81)45-46(73)25(2)23-65(45)56(83)43(38(70)22-41(57)72)60-53(80)44(48(75)47(74)30-13-16-36(68)37(69)18-30)61-51(78)35-19-31(67)24-64(35)55(82)42(26(3)66)59-50(34)77/h7-16,18,21,25-26,31,34-35,38-39,42-48,52,66-71,73-75,79H,4-6,17,19-20,22-24H2,1-3H3,(H2,57,72)(H,58,76)(H,59,77)(H,60,80)(H,61,78)(H,62,81)/t25-,26?,31+,34-,35-,38?,39+,42-,43-,44-,45-,46-,47?,48?,52+/m0/s1. The minimum Gasteiger partial charge on any atom is -0.504 e. The van der Waals surface area contributed by atoms with Crippen LogP contribution < -0.4 is 37.1 Å². The zero-order valence-electron chi connectivity index (χ0n) is 46.4. The van der Waals surface area contributed by atoms with Gasteiger partial charge in [-0.3, -0.25) is 38.4 Å². The second-order valence-corrected chi connectivity index (χ2v) is 21.4. The largest absolute Gasteiger partial charge is 0.504 e. The molecule has 29 heteroatoms. The summed E-state index contributed by atoms with van der Waals surface area (Å²) < 4.78 is 11.4. The molecule has 0 spiro atoms. The molecule has 7 rings (SSSR count). The van der Waals surface area contributed by atoms with Crippen LogP contribution in [0.5, 0.6) is 17.2 Å². The van der Waals surface area contributed by atoms with Crippen LogP contribution in [0.15, 0.2) is 77.3 Å². The van der Waals surface area contributed by atoms with E-state index in [1.807, 2.05) is 17.4 Å². The van der Waals surface area contributed by atoms with E-state index in [0.29, 0.717) is 44.7 Å². The first kappa shape index (κ1) is 64.3. The van der Waals surface area contributed by atoms with Gasteiger partial charge in [0.15, 0.2) is 23.5 Å². The maximum atomic E-state index is 14.6. The molecule has 17 N–H and O–H groups in total. The highest BCUT2D eigenvalue weighted by molar-refractivity contribution is 6.00. The fourth-order valence-electron chi connectivity index (χ4n) is 10.2. The fourth-order valence-corrected chi connectivity index (χ4v) is 10.2. The highest BCUT2D eigenvalue weighted by Gasteiger charge is 2.51. The number of aromatic hydroxyl groups is 2. The lowest BCUT2D eigenvalue weighted by Gasteiger charge is -2.34. The summed E-state index contributed by atoms with van der Waals surface area (Å²) in [6.07, 6.45) is -16.4. The number of fused-ring (bicyclic) bond motifs is 2. The molecule has 1 aromatic heterocycles. The molecule has 4 heterocycles. The van der Waals surface area contributed by atoms with Crippen LogP contribution in [0.25, 0.3) is 22.6 Å². The number of hydrogen-bond donors (Lipinski definition) is 16. The van der Waals surface area contributed by atoms with Gasteiger partial charge in [-0.05, 0) is 67.4 Å². The Morgan fingerprint density at radius 3 is 2.05 bits per heavy atom. The van der Waals surface area contributed by atoms with E-state index < -0.39 is 182 Å². The number of amides is 8. The number of nitrogens with two attached hydrogens (primary N) is 1. The van der Waals surface area contributed by atoms with Gasteiger partial charge >= 0.3 is 0 Å². The Bertz CT molecular complexity index is 3050. The van der Waals surface area contributed by atoms with Crippen molar-refractivity contribution in [3.63, 3.8) is 0 Å². The van der Waals surface area contributed by atoms with E-state index >= 15 is 0 Å². The molecule has 0 saturated carbocycles. The lowest BCUT2D eigenvalue weighted by molar-refractivity contribution is -0.149. The summed E-state index contributed by atoms with van der Waals surface area (Å²) in [5.41, 5.74) is 6.48. The molecule has 3 saturated heterocycles. The van der Waals surface area contributed by atoms with Crippen molar-refractivity contribution < 1.29 is 98.7 Å². The van der Waals surface area contributed by atoms with Crippen molar-refractivity contribution >= 4 is 47.3 Å². The third-order valence-electron chi connectivity index (χ3n) is 15.0. The molecule has 29 nitrogen and oxygen atoms in total. The summed E-state index contributed by atoms with van der Waals surface area (Å²) in [6.45, 7) is 3.93. The van der Waals surface area contributed by atoms with Gasteiger partial charge in [0.25, 0.3) is 5.91 Å². The number of carbonyl (C=O) groups excluding carboxylic acids is 8. The summed E-state index contributed by atoms with van der Waals surface area (Å²) in [7, 11) is 0. The monoisotopic (exact) mass is 1190 g/mol. The van der Waals surface area contributed by atoms with Crippen LogP contribution in [0.1, 0.15) is 81.3 Å². The van der Waals surface area contributed by atoms with E-state index in [4.69, 9.17) is 15.0 Å². The van der Waals surface area contributed by atoms with Crippen molar-refractivity contribution in [2.45, 2.75) is 145 Å². The van der Waals surface area contributed by atoms with Gasteiger partial charge in [-0.15, -0.1) is 0 Å². The Kier molecular flexibility index (Phi) is 21.2. The average Bonchev–Trinajstić information content (AvgIpc) is 2.47. The molecule has 8 amide bonds. The highest BCUT2D eigenvalue weighted by atomic mass is 16.5. The van der Waals surface area contributed by atoms with Crippen LogP contribution in [-0.2, 0) is 33.6 Å². The number of benzene rings is 3. The van der Waals surface area contributed by atoms with Crippen LogP contribution in [-0.4, -0.2) is 212 Å². The van der Waals surface area contributed by atoms with Gasteiger partial charge in [-0.25, -0.2) is 0 Å². The molecule has 3 aromatic carbocycles. The summed E-state index contributed by atoms with van der Waals surface area (Å²) in [5, 5.41) is 126. The molecule has 4 aromatic rings. The summed E-state index contributed by atoms with van der Waals surface area (Å²) in [6, 6.07) is 4.67. The van der Waals surface area contributed by atoms with E-state index in [1.54, 1.807) is 18.2 Å². The lowest BCUT2D eigenvalue weighted by atomic mass is 9.96. The lowest BCUT2D eigenvalue weighted by Crippen LogP contribution is -2.64. The maximum Gasteiger partial charge on any atom is 0.251 e. The number of phenols is 2. The number of rotatable bonds is 16. The van der Waals surface area contributed by atoms with Gasteiger partial charge in [-0.2, -0.15) is 0 Å². The minimum atomic E-state index is -2.51. The number of ether oxygens (including phenoxy) is 1. The third kappa shape index (κ3) is 15.3. The van der Waals surface area contributed by atoms with Crippen molar-refractivity contribution in [3.05, 3.63) is 83.9 Å². The Morgan fingerprint density at radius 1 is 0.753 bits per heavy atom. The number of aliphatic hydroxyl groups is 8. The third-order valence-corrected chi connectivity index (χ3v) is 15.0. The van der Waals surface area contributed by atoms with Gasteiger partial charge in [0, 0.05) is 54.6 Å². The Morgan fingerprint density at radius 2 is 1.40 bits per heavy atom. The van der Waals surface area contributed by atoms with Gasteiger partial charge in [0.1, 0.15) is 66.0 Å². The predicted octanol–water partition coefficient (Wildman–Crippen LogP) is -3.38. The van der Waals surface area contributed by atoms with Crippen LogP contribution in [0.4, 0.5) is 0 Å². The molecule has 3 aliphatic rings. The molecule has 0 aliphatic carbocycles. The molecule has 85 heavy (non-hydrogen) atoms. The normalized spacial score (nSPS) is 27.0. The number of aliphatic hydroxyl groups excluding tert-OH is 8. The molecule has 0 radical (unpaired) electrons. The summed E-state index contributed by atoms with van der Waals surface area (Å²) in [4.78, 5) is 114. The number of aromatic nitrogens is 1. The number of carbonyl (C=O) groups is 8. The van der Waals surface area contributed by atoms with Crippen molar-refractivity contribution in [2.75, 3.05) is 19.7 Å². The van der Waals surface area contributed by atoms with Gasteiger partial charge in [-0.1, -0.05) is 50.0 Å². The predicted molar refractivity (Wildman–Crippen MR) is 293 cm³/mol. The van der Waals surface area contributed by atoms with Crippen LogP contribution >= 0.6 is 0 Å². The second-order valence-electron chi connectivity index (χ2n) is 21.4. The van der Waals surface area contributed by atoms with Crippen molar-refractivity contribution in [1.29, 1.82) is 0 Å². The first-order valence-electron chi connectivity index (χ1n) is 27.5. The molecule has 3 aliphatic heterocycles. The number of nitrogens with zero attached hydrogens (tertiary/aromatic N) is 3. The topological polar surface area (TPSA) is 467 Å². The van der Waals surface area contributed by atoms with Crippen LogP contribution in [0.2, 0.25) is 0 Å². The molecule has 4 unspecified atom stereocenters. The van der Waals surface area contributed by atoms with Crippen LogP contribution in [0, 0.1) is 5.92 Å². The Balaban J connectivity index is 1.21. The molecule has 460 valence electrons. The number of unbranched alkanes of at least 4 members (excludes halogenated alkanes) is 2.